The zero-order chi connectivity index (χ0) is 11.5. The van der Waals surface area contributed by atoms with Crippen molar-refractivity contribution in [1.29, 1.82) is 0 Å². The van der Waals surface area contributed by atoms with Crippen LogP contribution in [0, 0.1) is 0 Å². The van der Waals surface area contributed by atoms with Crippen LogP contribution >= 0.6 is 0 Å². The molecule has 0 radical (unpaired) electrons. The number of aromatic nitrogens is 2. The van der Waals surface area contributed by atoms with E-state index in [-0.39, 0.29) is 17.3 Å². The van der Waals surface area contributed by atoms with Crippen molar-refractivity contribution < 1.29 is 0 Å². The molecule has 2 rings (SSSR count). The molecule has 1 N–H and O–H groups in total. The number of hydrogen-bond acceptors (Lipinski definition) is 2. The van der Waals surface area contributed by atoms with Crippen molar-refractivity contribution >= 4 is 0 Å². The lowest BCUT2D eigenvalue weighted by molar-refractivity contribution is 0.476. The Morgan fingerprint density at radius 2 is 2.06 bits per heavy atom. The van der Waals surface area contributed by atoms with Crippen LogP contribution in [0.3, 0.4) is 0 Å². The van der Waals surface area contributed by atoms with E-state index in [9.17, 15) is 9.59 Å². The highest BCUT2D eigenvalue weighted by Crippen LogP contribution is 2.26. The van der Waals surface area contributed by atoms with E-state index in [1.54, 1.807) is 6.07 Å². The van der Waals surface area contributed by atoms with Gasteiger partial charge < -0.3 is 4.98 Å². The Kier molecular flexibility index (Phi) is 3.27. The lowest BCUT2D eigenvalue weighted by atomic mass is 10.2. The third kappa shape index (κ3) is 2.10. The molecular formula is C12H18N2O2. The van der Waals surface area contributed by atoms with Gasteiger partial charge in [0, 0.05) is 17.8 Å². The van der Waals surface area contributed by atoms with Gasteiger partial charge in [-0.05, 0) is 19.3 Å². The molecule has 1 saturated carbocycles. The van der Waals surface area contributed by atoms with E-state index < -0.39 is 0 Å². The summed E-state index contributed by atoms with van der Waals surface area (Å²) in [6, 6.07) is 1.69. The first kappa shape index (κ1) is 11.2. The van der Waals surface area contributed by atoms with E-state index >= 15 is 0 Å². The second kappa shape index (κ2) is 4.68. The highest BCUT2D eigenvalue weighted by atomic mass is 16.2. The number of H-pyrrole nitrogens is 1. The normalized spacial score (nSPS) is 16.8. The molecule has 0 unspecified atom stereocenters. The first-order valence-electron chi connectivity index (χ1n) is 6.07. The lowest BCUT2D eigenvalue weighted by Crippen LogP contribution is -2.37. The molecule has 0 bridgehead atoms. The number of hydrogen-bond donors (Lipinski definition) is 1. The van der Waals surface area contributed by atoms with E-state index in [4.69, 9.17) is 0 Å². The fourth-order valence-electron chi connectivity index (χ4n) is 2.46. The average Bonchev–Trinajstić information content (AvgIpc) is 2.70. The predicted octanol–water partition coefficient (Wildman–Crippen LogP) is 1.60. The molecule has 16 heavy (non-hydrogen) atoms. The second-order valence-electron chi connectivity index (χ2n) is 4.50. The molecule has 1 aliphatic rings. The number of rotatable bonds is 3. The Morgan fingerprint density at radius 3 is 2.62 bits per heavy atom. The first-order valence-corrected chi connectivity index (χ1v) is 6.07. The van der Waals surface area contributed by atoms with Crippen molar-refractivity contribution in [3.05, 3.63) is 32.6 Å². The summed E-state index contributed by atoms with van der Waals surface area (Å²) in [6.07, 6.45) is 5.84. The van der Waals surface area contributed by atoms with Gasteiger partial charge in [0.1, 0.15) is 0 Å². The maximum Gasteiger partial charge on any atom is 0.328 e. The maximum atomic E-state index is 11.9. The van der Waals surface area contributed by atoms with Gasteiger partial charge in [0.25, 0.3) is 5.56 Å². The van der Waals surface area contributed by atoms with Crippen LogP contribution in [0.5, 0.6) is 0 Å². The van der Waals surface area contributed by atoms with Gasteiger partial charge in [-0.15, -0.1) is 0 Å². The minimum Gasteiger partial charge on any atom is -0.311 e. The number of aromatic amines is 1. The molecule has 0 amide bonds. The van der Waals surface area contributed by atoms with E-state index in [0.717, 1.165) is 44.2 Å². The van der Waals surface area contributed by atoms with E-state index in [0.29, 0.717) is 0 Å². The van der Waals surface area contributed by atoms with Crippen LogP contribution in [0.15, 0.2) is 15.7 Å². The fraction of sp³-hybridized carbons (Fsp3) is 0.667. The molecular weight excluding hydrogens is 204 g/mol. The van der Waals surface area contributed by atoms with Gasteiger partial charge in [-0.3, -0.25) is 9.36 Å². The molecule has 0 spiro atoms. The van der Waals surface area contributed by atoms with Crippen LogP contribution in [0.1, 0.15) is 50.8 Å². The summed E-state index contributed by atoms with van der Waals surface area (Å²) in [5, 5.41) is 0. The van der Waals surface area contributed by atoms with Gasteiger partial charge in [-0.2, -0.15) is 0 Å². The summed E-state index contributed by atoms with van der Waals surface area (Å²) in [7, 11) is 0. The van der Waals surface area contributed by atoms with Gasteiger partial charge in [0.2, 0.25) is 0 Å². The van der Waals surface area contributed by atoms with Crippen molar-refractivity contribution in [1.82, 2.24) is 9.55 Å². The third-order valence-electron chi connectivity index (χ3n) is 3.23. The molecule has 4 heteroatoms. The zero-order valence-corrected chi connectivity index (χ0v) is 9.66. The number of nitrogens with zero attached hydrogens (tertiary/aromatic N) is 1. The van der Waals surface area contributed by atoms with Gasteiger partial charge in [0.05, 0.1) is 0 Å². The van der Waals surface area contributed by atoms with Gasteiger partial charge >= 0.3 is 5.69 Å². The third-order valence-corrected chi connectivity index (χ3v) is 3.23. The molecule has 88 valence electrons. The SMILES string of the molecule is CCCc1cc(=O)n(C2CCCC2)c(=O)[nH]1. The summed E-state index contributed by atoms with van der Waals surface area (Å²) in [6.45, 7) is 2.03. The topological polar surface area (TPSA) is 54.9 Å². The number of aryl methyl sites for hydroxylation is 1. The van der Waals surface area contributed by atoms with Crippen molar-refractivity contribution in [3.63, 3.8) is 0 Å². The molecule has 4 nitrogen and oxygen atoms in total. The van der Waals surface area contributed by atoms with Crippen LogP contribution in [0.25, 0.3) is 0 Å². The van der Waals surface area contributed by atoms with Crippen LogP contribution in [0.2, 0.25) is 0 Å². The van der Waals surface area contributed by atoms with Crippen LogP contribution in [-0.2, 0) is 6.42 Å². The minimum absolute atomic E-state index is 0.118. The molecule has 0 aromatic carbocycles. The quantitative estimate of drug-likeness (QED) is 0.844. The Balaban J connectivity index is 2.39. The highest BCUT2D eigenvalue weighted by Gasteiger charge is 2.20. The van der Waals surface area contributed by atoms with Gasteiger partial charge in [-0.1, -0.05) is 26.2 Å². The molecule has 1 heterocycles. The van der Waals surface area contributed by atoms with E-state index in [1.165, 1.54) is 4.57 Å². The van der Waals surface area contributed by atoms with Crippen LogP contribution in [0.4, 0.5) is 0 Å². The monoisotopic (exact) mass is 222 g/mol. The van der Waals surface area contributed by atoms with E-state index in [1.807, 2.05) is 6.92 Å². The van der Waals surface area contributed by atoms with Gasteiger partial charge in [0.15, 0.2) is 0 Å². The zero-order valence-electron chi connectivity index (χ0n) is 9.66. The Hall–Kier alpha value is -1.32. The molecule has 1 aromatic heterocycles. The fourth-order valence-corrected chi connectivity index (χ4v) is 2.46. The standard InChI is InChI=1S/C12H18N2O2/c1-2-5-9-8-11(15)14(12(16)13-9)10-6-3-4-7-10/h8,10H,2-7H2,1H3,(H,13,16). The van der Waals surface area contributed by atoms with Crippen molar-refractivity contribution in [2.45, 2.75) is 51.5 Å². The van der Waals surface area contributed by atoms with Crippen LogP contribution < -0.4 is 11.2 Å². The molecule has 0 saturated heterocycles. The number of nitrogens with one attached hydrogen (secondary N) is 1. The average molecular weight is 222 g/mol. The Labute approximate surface area is 94.3 Å². The van der Waals surface area contributed by atoms with E-state index in [2.05, 4.69) is 4.98 Å². The lowest BCUT2D eigenvalue weighted by Gasteiger charge is -2.12. The van der Waals surface area contributed by atoms with Crippen molar-refractivity contribution in [2.24, 2.45) is 0 Å². The van der Waals surface area contributed by atoms with Crippen molar-refractivity contribution in [2.75, 3.05) is 0 Å². The molecule has 0 atom stereocenters. The second-order valence-corrected chi connectivity index (χ2v) is 4.50. The molecule has 1 fully saturated rings. The first-order chi connectivity index (χ1) is 7.72. The Morgan fingerprint density at radius 1 is 1.38 bits per heavy atom. The molecule has 0 aliphatic heterocycles. The van der Waals surface area contributed by atoms with Gasteiger partial charge in [-0.25, -0.2) is 4.79 Å². The smallest absolute Gasteiger partial charge is 0.311 e. The summed E-state index contributed by atoms with van der Waals surface area (Å²) in [4.78, 5) is 26.5. The predicted molar refractivity (Wildman–Crippen MR) is 62.8 cm³/mol. The summed E-state index contributed by atoms with van der Waals surface area (Å²) >= 11 is 0. The maximum absolute atomic E-state index is 11.9. The summed E-state index contributed by atoms with van der Waals surface area (Å²) in [5.74, 6) is 0. The summed E-state index contributed by atoms with van der Waals surface area (Å²) < 4.78 is 1.40. The molecule has 1 aliphatic carbocycles. The summed E-state index contributed by atoms with van der Waals surface area (Å²) in [5.41, 5.74) is 0.383. The molecule has 1 aromatic rings. The highest BCUT2D eigenvalue weighted by molar-refractivity contribution is 5.01. The largest absolute Gasteiger partial charge is 0.328 e. The minimum atomic E-state index is -0.233. The Bertz CT molecular complexity index is 435. The van der Waals surface area contributed by atoms with Crippen LogP contribution in [-0.4, -0.2) is 9.55 Å². The van der Waals surface area contributed by atoms with Crippen molar-refractivity contribution in [3.8, 4) is 0 Å².